The Morgan fingerprint density at radius 1 is 0.684 bits per heavy atom. The summed E-state index contributed by atoms with van der Waals surface area (Å²) in [5.41, 5.74) is 4.48. The second-order valence-corrected chi connectivity index (χ2v) is 24.9. The summed E-state index contributed by atoms with van der Waals surface area (Å²) in [6, 6.07) is 22.1. The van der Waals surface area contributed by atoms with Gasteiger partial charge in [-0.05, 0) is 171 Å². The molecule has 17 heteroatoms. The average Bonchev–Trinajstić information content (AvgIpc) is 3.53. The van der Waals surface area contributed by atoms with Crippen LogP contribution in [-0.4, -0.2) is 86.6 Å². The summed E-state index contributed by atoms with van der Waals surface area (Å²) < 4.78 is 41.9. The third kappa shape index (κ3) is 11.5. The highest BCUT2D eigenvalue weighted by Crippen LogP contribution is 2.62. The third-order valence-electron chi connectivity index (χ3n) is 19.1. The van der Waals surface area contributed by atoms with Crippen LogP contribution in [0.5, 0.6) is 11.5 Å². The Morgan fingerprint density at radius 3 is 1.65 bits per heavy atom. The van der Waals surface area contributed by atoms with Crippen LogP contribution in [-0.2, 0) is 25.9 Å². The number of methoxy groups -OCH3 is 2. The predicted molar refractivity (Wildman–Crippen MR) is 315 cm³/mol. The Labute approximate surface area is 468 Å². The minimum Gasteiger partial charge on any atom is -0.497 e. The molecule has 6 aliphatic carbocycles. The number of hydrogen-bond donors (Lipinski definition) is 4. The molecule has 2 aromatic heterocycles. The number of aromatic nitrogens is 4. The number of benzene rings is 4. The maximum Gasteiger partial charge on any atom is 0.261 e. The normalized spacial score (nSPS) is 26.5. The fraction of sp³-hybridized carbons (Fsp3) is 0.516. The molecule has 4 aromatic carbocycles. The molecule has 0 radical (unpaired) electrons. The molecule has 0 amide bonds. The highest BCUT2D eigenvalue weighted by molar-refractivity contribution is 7.80. The summed E-state index contributed by atoms with van der Waals surface area (Å²) in [7, 11) is 3.01. The number of fused-ring (bicyclic) bond motifs is 6. The van der Waals surface area contributed by atoms with Crippen molar-refractivity contribution < 1.29 is 18.3 Å². The number of nitrogens with one attached hydrogen (secondary N) is 4. The number of guanidine groups is 1. The number of aliphatic imine (C=N–C) groups is 1. The van der Waals surface area contributed by atoms with Crippen molar-refractivity contribution in [2.45, 2.75) is 131 Å². The van der Waals surface area contributed by atoms with Crippen molar-refractivity contribution in [3.05, 3.63) is 129 Å². The van der Waals surface area contributed by atoms with E-state index in [1.54, 1.807) is 41.2 Å². The number of piperazine rings is 1. The minimum absolute atomic E-state index is 0.137. The number of halogens is 2. The Bertz CT molecular complexity index is 3390. The SMILES string of the molecule is COc1ccc(CCn2cnc3cc(NC(=N[C@H]4C[C@H]5C[C@@H]([C@@H]4C)C5(C)C)N4C[C@@H](C)N[C@@H](C)C4)ccc3c2=O)c(F)c1.COc1ccc(CCn2cnc3cc(NC(=S)N[C@H]4C[C@H]5C[C@@H]([C@@H]4C)C5(C)C)ccc3c2=O)c(F)c1. The molecule has 4 N–H and O–H groups in total. The highest BCUT2D eigenvalue weighted by atomic mass is 32.1. The van der Waals surface area contributed by atoms with Gasteiger partial charge in [0.25, 0.3) is 11.1 Å². The van der Waals surface area contributed by atoms with Crippen LogP contribution in [0.25, 0.3) is 21.8 Å². The summed E-state index contributed by atoms with van der Waals surface area (Å²) in [5.74, 6) is 5.22. The molecule has 7 fully saturated rings. The van der Waals surface area contributed by atoms with Crippen molar-refractivity contribution in [1.82, 2.24) is 34.6 Å². The van der Waals surface area contributed by atoms with Gasteiger partial charge in [-0.2, -0.15) is 0 Å². The number of thiocarbonyl (C=S) groups is 1. The van der Waals surface area contributed by atoms with E-state index >= 15 is 0 Å². The van der Waals surface area contributed by atoms with E-state index in [1.807, 2.05) is 30.3 Å². The lowest BCUT2D eigenvalue weighted by molar-refractivity contribution is -0.111. The molecule has 3 heterocycles. The molecule has 420 valence electrons. The zero-order valence-corrected chi connectivity index (χ0v) is 48.2. The van der Waals surface area contributed by atoms with Gasteiger partial charge < -0.3 is 35.6 Å². The second kappa shape index (κ2) is 22.6. The van der Waals surface area contributed by atoms with E-state index < -0.39 is 0 Å². The van der Waals surface area contributed by atoms with Crippen molar-refractivity contribution >= 4 is 56.5 Å². The zero-order chi connectivity index (χ0) is 56.1. The Balaban J connectivity index is 0.000000181. The highest BCUT2D eigenvalue weighted by Gasteiger charge is 2.57. The van der Waals surface area contributed by atoms with E-state index in [1.165, 1.54) is 50.1 Å². The summed E-state index contributed by atoms with van der Waals surface area (Å²) in [6.07, 6.45) is 8.76. The van der Waals surface area contributed by atoms with Crippen LogP contribution >= 0.6 is 12.2 Å². The molecular formula is C62H78F2N10O4S. The van der Waals surface area contributed by atoms with Crippen LogP contribution in [0.2, 0.25) is 0 Å². The first-order chi connectivity index (χ1) is 37.7. The molecule has 7 aliphatic rings. The van der Waals surface area contributed by atoms with Crippen molar-refractivity contribution in [3.63, 3.8) is 0 Å². The number of aryl methyl sites for hydroxylation is 4. The lowest BCUT2D eigenvalue weighted by Crippen LogP contribution is -2.61. The van der Waals surface area contributed by atoms with Gasteiger partial charge in [0.2, 0.25) is 0 Å². The fourth-order valence-corrected chi connectivity index (χ4v) is 14.2. The summed E-state index contributed by atoms with van der Waals surface area (Å²) in [6.45, 7) is 21.2. The predicted octanol–water partition coefficient (Wildman–Crippen LogP) is 10.5. The topological polar surface area (TPSA) is 152 Å². The van der Waals surface area contributed by atoms with Gasteiger partial charge >= 0.3 is 0 Å². The molecule has 6 saturated carbocycles. The minimum atomic E-state index is -0.347. The van der Waals surface area contributed by atoms with Crippen molar-refractivity contribution in [3.8, 4) is 11.5 Å². The first kappa shape index (κ1) is 55.8. The maximum atomic E-state index is 14.4. The van der Waals surface area contributed by atoms with E-state index in [0.29, 0.717) is 122 Å². The molecule has 4 bridgehead atoms. The monoisotopic (exact) mass is 1100 g/mol. The van der Waals surface area contributed by atoms with Crippen LogP contribution < -0.4 is 41.9 Å². The summed E-state index contributed by atoms with van der Waals surface area (Å²) >= 11 is 5.61. The van der Waals surface area contributed by atoms with E-state index in [2.05, 4.69) is 91.5 Å². The zero-order valence-electron chi connectivity index (χ0n) is 47.4. The van der Waals surface area contributed by atoms with E-state index in [0.717, 1.165) is 66.9 Å². The molecular weight excluding hydrogens is 1020 g/mol. The van der Waals surface area contributed by atoms with Gasteiger partial charge in [0, 0.05) is 67.8 Å². The van der Waals surface area contributed by atoms with Crippen LogP contribution in [0, 0.1) is 58.0 Å². The van der Waals surface area contributed by atoms with Crippen LogP contribution in [0.1, 0.15) is 92.2 Å². The average molecular weight is 1100 g/mol. The molecule has 13 rings (SSSR count). The Hall–Kier alpha value is -6.46. The third-order valence-corrected chi connectivity index (χ3v) is 19.3. The van der Waals surface area contributed by atoms with Crippen LogP contribution in [0.3, 0.4) is 0 Å². The quantitative estimate of drug-likeness (QED) is 0.0524. The van der Waals surface area contributed by atoms with Crippen molar-refractivity contribution in [2.24, 2.45) is 51.3 Å². The molecule has 1 aliphatic heterocycles. The molecule has 1 saturated heterocycles. The van der Waals surface area contributed by atoms with E-state index in [9.17, 15) is 18.4 Å². The van der Waals surface area contributed by atoms with Gasteiger partial charge in [-0.15, -0.1) is 0 Å². The lowest BCUT2D eigenvalue weighted by Gasteiger charge is -2.62. The van der Waals surface area contributed by atoms with Crippen LogP contribution in [0.15, 0.2) is 100 Å². The van der Waals surface area contributed by atoms with Crippen molar-refractivity contribution in [1.29, 1.82) is 0 Å². The number of hydrogen-bond acceptors (Lipinski definition) is 9. The Morgan fingerprint density at radius 2 is 1.18 bits per heavy atom. The summed E-state index contributed by atoms with van der Waals surface area (Å²) in [5, 5.41) is 15.7. The smallest absolute Gasteiger partial charge is 0.261 e. The number of anilines is 2. The Kier molecular flexibility index (Phi) is 16.0. The molecule has 0 unspecified atom stereocenters. The van der Waals surface area contributed by atoms with Gasteiger partial charge in [0.1, 0.15) is 23.1 Å². The van der Waals surface area contributed by atoms with E-state index in [4.69, 9.17) is 26.7 Å². The molecule has 0 spiro atoms. The fourth-order valence-electron chi connectivity index (χ4n) is 13.9. The second-order valence-electron chi connectivity index (χ2n) is 24.5. The standard InChI is InChI=1S/C34H45FN6O2.C28H33FN4O2S/c1-20-17-41(18-21(2)37-20)33(39-30-14-24-13-28(22(30)3)34(24,4)5)38-25-8-10-27-31(15-25)36-19-40(32(27)42)12-11-23-7-9-26(43-6)16-29(23)35;1-16-22-11-18(28(22,2)3)12-24(16)32-27(36)31-19-6-8-21-25(13-19)30-15-33(26(21)34)10-9-17-5-7-20(35-4)14-23(17)29/h7-10,15-16,19-22,24,28,30,37H,11-14,17-18H2,1-6H3,(H,38,39);5-8,13-16,18,22,24H,9-12H2,1-4H3,(H2,31,32,36)/t20-,21+,22-,24+,28-,30-;16-,18+,22-,24-/m00/s1. The molecule has 14 nitrogen and oxygen atoms in total. The van der Waals surface area contributed by atoms with Gasteiger partial charge in [0.05, 0.1) is 54.7 Å². The number of nitrogens with zero attached hydrogens (tertiary/aromatic N) is 6. The lowest BCUT2D eigenvalue weighted by atomic mass is 9.45. The maximum absolute atomic E-state index is 14.4. The first-order valence-electron chi connectivity index (χ1n) is 28.3. The van der Waals surface area contributed by atoms with Gasteiger partial charge in [-0.25, -0.2) is 23.7 Å². The van der Waals surface area contributed by atoms with Crippen LogP contribution in [0.4, 0.5) is 20.2 Å². The molecule has 10 atom stereocenters. The molecule has 6 aromatic rings. The number of rotatable bonds is 12. The van der Waals surface area contributed by atoms with E-state index in [-0.39, 0.29) is 22.8 Å². The van der Waals surface area contributed by atoms with Gasteiger partial charge in [-0.3, -0.25) is 18.7 Å². The number of ether oxygens (including phenoxy) is 2. The first-order valence-corrected chi connectivity index (χ1v) is 28.7. The molecule has 79 heavy (non-hydrogen) atoms. The largest absolute Gasteiger partial charge is 0.497 e. The summed E-state index contributed by atoms with van der Waals surface area (Å²) in [4.78, 5) is 43.2. The van der Waals surface area contributed by atoms with Gasteiger partial charge in [0.15, 0.2) is 11.1 Å². The van der Waals surface area contributed by atoms with Gasteiger partial charge in [-0.1, -0.05) is 53.7 Å². The van der Waals surface area contributed by atoms with Crippen molar-refractivity contribution in [2.75, 3.05) is 37.9 Å².